The van der Waals surface area contributed by atoms with Crippen molar-refractivity contribution in [2.75, 3.05) is 11.1 Å². The van der Waals surface area contributed by atoms with Gasteiger partial charge in [-0.2, -0.15) is 13.2 Å². The third-order valence-corrected chi connectivity index (χ3v) is 2.56. The number of nitrogen functional groups attached to an aromatic ring is 1. The number of anilines is 3. The quantitative estimate of drug-likeness (QED) is 0.638. The molecule has 0 aliphatic rings. The van der Waals surface area contributed by atoms with E-state index in [9.17, 15) is 22.0 Å². The average Bonchev–Trinajstić information content (AvgIpc) is 2.33. The number of benzene rings is 2. The highest BCUT2D eigenvalue weighted by atomic mass is 19.4. The summed E-state index contributed by atoms with van der Waals surface area (Å²) in [7, 11) is 0. The van der Waals surface area contributed by atoms with Crippen LogP contribution in [0.1, 0.15) is 5.56 Å². The molecule has 0 aliphatic carbocycles. The van der Waals surface area contributed by atoms with E-state index in [0.717, 1.165) is 18.2 Å². The van der Waals surface area contributed by atoms with E-state index in [-0.39, 0.29) is 17.1 Å². The smallest absolute Gasteiger partial charge is 0.397 e. The van der Waals surface area contributed by atoms with E-state index in [1.54, 1.807) is 0 Å². The van der Waals surface area contributed by atoms with E-state index < -0.39 is 23.4 Å². The zero-order chi connectivity index (χ0) is 14.9. The van der Waals surface area contributed by atoms with Crippen LogP contribution in [0.5, 0.6) is 0 Å². The molecule has 0 aromatic heterocycles. The van der Waals surface area contributed by atoms with E-state index in [1.807, 2.05) is 0 Å². The van der Waals surface area contributed by atoms with Crippen molar-refractivity contribution >= 4 is 17.1 Å². The molecule has 0 amide bonds. The van der Waals surface area contributed by atoms with Gasteiger partial charge >= 0.3 is 6.18 Å². The first-order valence-electron chi connectivity index (χ1n) is 5.46. The lowest BCUT2D eigenvalue weighted by Crippen LogP contribution is -2.08. The van der Waals surface area contributed by atoms with E-state index in [1.165, 1.54) is 6.07 Å². The summed E-state index contributed by atoms with van der Waals surface area (Å²) in [4.78, 5) is 0. The third kappa shape index (κ3) is 2.98. The van der Waals surface area contributed by atoms with Gasteiger partial charge in [-0.05, 0) is 36.4 Å². The fourth-order valence-electron chi connectivity index (χ4n) is 1.62. The van der Waals surface area contributed by atoms with Crippen LogP contribution < -0.4 is 11.1 Å². The van der Waals surface area contributed by atoms with Crippen LogP contribution in [-0.2, 0) is 6.18 Å². The van der Waals surface area contributed by atoms with Crippen LogP contribution in [0.15, 0.2) is 36.4 Å². The van der Waals surface area contributed by atoms with Crippen LogP contribution in [0.3, 0.4) is 0 Å². The number of nitrogens with two attached hydrogens (primary N) is 1. The third-order valence-electron chi connectivity index (χ3n) is 2.56. The van der Waals surface area contributed by atoms with Gasteiger partial charge in [-0.15, -0.1) is 0 Å². The van der Waals surface area contributed by atoms with Gasteiger partial charge in [-0.25, -0.2) is 8.78 Å². The zero-order valence-corrected chi connectivity index (χ0v) is 9.93. The van der Waals surface area contributed by atoms with Gasteiger partial charge in [0.1, 0.15) is 11.6 Å². The van der Waals surface area contributed by atoms with Gasteiger partial charge in [-0.3, -0.25) is 0 Å². The maximum absolute atomic E-state index is 13.1. The number of halogens is 5. The van der Waals surface area contributed by atoms with Crippen LogP contribution in [-0.4, -0.2) is 0 Å². The fourth-order valence-corrected chi connectivity index (χ4v) is 1.62. The standard InChI is InChI=1S/C13H9F5N2/c14-7-1-4-12(11(19)5-7)20-8-2-3-10(15)9(6-8)13(16,17)18/h1-6,20H,19H2. The van der Waals surface area contributed by atoms with Gasteiger partial charge < -0.3 is 11.1 Å². The molecule has 2 aromatic rings. The molecule has 2 aromatic carbocycles. The SMILES string of the molecule is Nc1cc(F)ccc1Nc1ccc(F)c(C(F)(F)F)c1. The Bertz CT molecular complexity index is 637. The van der Waals surface area contributed by atoms with Crippen LogP contribution in [0.2, 0.25) is 0 Å². The van der Waals surface area contributed by atoms with Crippen molar-refractivity contribution in [1.82, 2.24) is 0 Å². The molecule has 0 fully saturated rings. The van der Waals surface area contributed by atoms with Crippen LogP contribution in [0.4, 0.5) is 39.0 Å². The first-order valence-corrected chi connectivity index (χ1v) is 5.46. The minimum Gasteiger partial charge on any atom is -0.397 e. The molecule has 2 nitrogen and oxygen atoms in total. The highest BCUT2D eigenvalue weighted by Crippen LogP contribution is 2.34. The molecule has 0 spiro atoms. The number of rotatable bonds is 2. The van der Waals surface area contributed by atoms with Crippen molar-refractivity contribution in [3.8, 4) is 0 Å². The Balaban J connectivity index is 2.35. The molecule has 0 atom stereocenters. The number of hydrogen-bond acceptors (Lipinski definition) is 2. The molecule has 0 unspecified atom stereocenters. The zero-order valence-electron chi connectivity index (χ0n) is 9.93. The van der Waals surface area contributed by atoms with Gasteiger partial charge in [0.2, 0.25) is 0 Å². The minimum absolute atomic E-state index is 0.00275. The molecule has 0 heterocycles. The molecule has 7 heteroatoms. The molecule has 3 N–H and O–H groups in total. The van der Waals surface area contributed by atoms with Crippen LogP contribution in [0.25, 0.3) is 0 Å². The maximum atomic E-state index is 13.1. The van der Waals surface area contributed by atoms with E-state index >= 15 is 0 Å². The summed E-state index contributed by atoms with van der Waals surface area (Å²) < 4.78 is 63.6. The van der Waals surface area contributed by atoms with Gasteiger partial charge in [-0.1, -0.05) is 0 Å². The predicted octanol–water partition coefficient (Wildman–Crippen LogP) is 4.31. The van der Waals surface area contributed by atoms with Gasteiger partial charge in [0, 0.05) is 5.69 Å². The van der Waals surface area contributed by atoms with E-state index in [4.69, 9.17) is 5.73 Å². The Morgan fingerprint density at radius 3 is 2.25 bits per heavy atom. The summed E-state index contributed by atoms with van der Waals surface area (Å²) >= 11 is 0. The lowest BCUT2D eigenvalue weighted by Gasteiger charge is -2.13. The molecule has 0 bridgehead atoms. The Kier molecular flexibility index (Phi) is 3.52. The molecule has 20 heavy (non-hydrogen) atoms. The molecule has 0 radical (unpaired) electrons. The summed E-state index contributed by atoms with van der Waals surface area (Å²) in [6.45, 7) is 0. The normalized spacial score (nSPS) is 11.4. The first kappa shape index (κ1) is 14.1. The Labute approximate surface area is 111 Å². The summed E-state index contributed by atoms with van der Waals surface area (Å²) in [5.74, 6) is -1.93. The van der Waals surface area contributed by atoms with Crippen LogP contribution >= 0.6 is 0 Å². The largest absolute Gasteiger partial charge is 0.419 e. The molecule has 0 aliphatic heterocycles. The maximum Gasteiger partial charge on any atom is 0.419 e. The Morgan fingerprint density at radius 2 is 1.65 bits per heavy atom. The number of alkyl halides is 3. The average molecular weight is 288 g/mol. The highest BCUT2D eigenvalue weighted by Gasteiger charge is 2.34. The van der Waals surface area contributed by atoms with E-state index in [2.05, 4.69) is 5.32 Å². The monoisotopic (exact) mass is 288 g/mol. The van der Waals surface area contributed by atoms with Crippen molar-refractivity contribution < 1.29 is 22.0 Å². The number of hydrogen-bond donors (Lipinski definition) is 2. The Morgan fingerprint density at radius 1 is 0.950 bits per heavy atom. The number of nitrogens with one attached hydrogen (secondary N) is 1. The van der Waals surface area contributed by atoms with Gasteiger partial charge in [0.15, 0.2) is 0 Å². The van der Waals surface area contributed by atoms with Crippen molar-refractivity contribution in [2.24, 2.45) is 0 Å². The predicted molar refractivity (Wildman–Crippen MR) is 65.5 cm³/mol. The van der Waals surface area contributed by atoms with Crippen molar-refractivity contribution in [2.45, 2.75) is 6.18 Å². The lowest BCUT2D eigenvalue weighted by molar-refractivity contribution is -0.139. The second kappa shape index (κ2) is 4.99. The van der Waals surface area contributed by atoms with Crippen molar-refractivity contribution in [3.63, 3.8) is 0 Å². The summed E-state index contributed by atoms with van der Waals surface area (Å²) in [5.41, 5.74) is 4.39. The van der Waals surface area contributed by atoms with Crippen molar-refractivity contribution in [3.05, 3.63) is 53.6 Å². The highest BCUT2D eigenvalue weighted by molar-refractivity contribution is 5.72. The second-order valence-electron chi connectivity index (χ2n) is 4.05. The molecule has 0 saturated carbocycles. The summed E-state index contributed by atoms with van der Waals surface area (Å²) in [6, 6.07) is 5.86. The van der Waals surface area contributed by atoms with Gasteiger partial charge in [0.25, 0.3) is 0 Å². The second-order valence-corrected chi connectivity index (χ2v) is 4.05. The molecular weight excluding hydrogens is 279 g/mol. The van der Waals surface area contributed by atoms with Gasteiger partial charge in [0.05, 0.1) is 16.9 Å². The fraction of sp³-hybridized carbons (Fsp3) is 0.0769. The topological polar surface area (TPSA) is 38.0 Å². The molecular formula is C13H9F5N2. The van der Waals surface area contributed by atoms with Crippen molar-refractivity contribution in [1.29, 1.82) is 0 Å². The Hall–Kier alpha value is -2.31. The molecule has 0 saturated heterocycles. The van der Waals surface area contributed by atoms with Crippen LogP contribution in [0, 0.1) is 11.6 Å². The molecule has 2 rings (SSSR count). The summed E-state index contributed by atoms with van der Waals surface area (Å²) in [6.07, 6.45) is -4.80. The van der Waals surface area contributed by atoms with E-state index in [0.29, 0.717) is 12.1 Å². The first-order chi connectivity index (χ1) is 9.27. The lowest BCUT2D eigenvalue weighted by atomic mass is 10.1. The minimum atomic E-state index is -4.80. The summed E-state index contributed by atoms with van der Waals surface area (Å²) in [5, 5.41) is 2.58. The molecule has 106 valence electrons.